The molecule has 2 aliphatic heterocycles. The van der Waals surface area contributed by atoms with Gasteiger partial charge in [-0.05, 0) is 63.1 Å². The molecule has 1 saturated heterocycles. The van der Waals surface area contributed by atoms with Gasteiger partial charge < -0.3 is 20.8 Å². The number of fused-ring (bicyclic) bond motifs is 1. The third kappa shape index (κ3) is 5.16. The van der Waals surface area contributed by atoms with Crippen LogP contribution in [0, 0.1) is 36.5 Å². The number of nitrogens with one attached hydrogen (secondary N) is 4. The van der Waals surface area contributed by atoms with Crippen molar-refractivity contribution in [2.45, 2.75) is 70.5 Å². The van der Waals surface area contributed by atoms with Gasteiger partial charge in [0.05, 0.1) is 45.7 Å². The molecule has 8 nitrogen and oxygen atoms in total. The second kappa shape index (κ2) is 10.5. The zero-order chi connectivity index (χ0) is 29.9. The number of halogens is 2. The number of nitrogens with zero attached hydrogens (tertiary/aromatic N) is 3. The van der Waals surface area contributed by atoms with Crippen molar-refractivity contribution in [1.29, 1.82) is 0 Å². The molecular formula is C33H37ClFN7O. The molecule has 0 bridgehead atoms. The van der Waals surface area contributed by atoms with E-state index >= 15 is 0 Å². The summed E-state index contributed by atoms with van der Waals surface area (Å²) in [5.74, 6) is 3.03. The largest absolute Gasteiger partial charge is 0.381 e. The molecule has 43 heavy (non-hydrogen) atoms. The molecule has 2 aromatic heterocycles. The molecule has 1 unspecified atom stereocenters. The molecule has 3 aromatic rings. The lowest BCUT2D eigenvalue weighted by atomic mass is 9.81. The van der Waals surface area contributed by atoms with Crippen LogP contribution in [0.3, 0.4) is 0 Å². The third-order valence-corrected chi connectivity index (χ3v) is 9.85. The standard InChI is InChI=1S/C33H37ClFN7O/c1-5-20-16-36-30-24(29(20)39-27-10-13-43-18-32(27,3)4)14-22(15-25(30)34)38-31(23-8-9-28(35)37-19(23)2)26-17-42(41-40-26)33(11-12-33)21-6-7-21/h1,8-9,14-17,21,27,31,38,40-41H,6-7,10-13,18H2,2-4H3,(H,36,39)/t27?,31-/m0/s1. The van der Waals surface area contributed by atoms with E-state index in [9.17, 15) is 4.39 Å². The first-order chi connectivity index (χ1) is 20.7. The third-order valence-electron chi connectivity index (χ3n) is 9.56. The molecular weight excluding hydrogens is 565 g/mol. The van der Waals surface area contributed by atoms with Crippen LogP contribution >= 0.6 is 11.6 Å². The van der Waals surface area contributed by atoms with E-state index < -0.39 is 5.95 Å². The van der Waals surface area contributed by atoms with Crippen LogP contribution < -0.4 is 21.6 Å². The molecule has 0 spiro atoms. The summed E-state index contributed by atoms with van der Waals surface area (Å²) in [7, 11) is 0. The highest BCUT2D eigenvalue weighted by molar-refractivity contribution is 6.35. The quantitative estimate of drug-likeness (QED) is 0.179. The van der Waals surface area contributed by atoms with Gasteiger partial charge in [-0.15, -0.1) is 12.0 Å². The van der Waals surface area contributed by atoms with Crippen molar-refractivity contribution >= 4 is 33.9 Å². The van der Waals surface area contributed by atoms with Gasteiger partial charge in [0.2, 0.25) is 5.95 Å². The smallest absolute Gasteiger partial charge is 0.213 e. The molecule has 4 aliphatic rings. The topological polar surface area (TPSA) is 86.4 Å². The Morgan fingerprint density at radius 2 is 2.05 bits per heavy atom. The minimum Gasteiger partial charge on any atom is -0.381 e. The molecule has 0 amide bonds. The summed E-state index contributed by atoms with van der Waals surface area (Å²) in [5, 5.41) is 11.0. The van der Waals surface area contributed by atoms with Crippen molar-refractivity contribution in [3.63, 3.8) is 0 Å². The van der Waals surface area contributed by atoms with Gasteiger partial charge in [0.25, 0.3) is 0 Å². The molecule has 10 heteroatoms. The molecule has 0 radical (unpaired) electrons. The highest BCUT2D eigenvalue weighted by Crippen LogP contribution is 2.57. The van der Waals surface area contributed by atoms with Crippen LogP contribution in [0.5, 0.6) is 0 Å². The Hall–Kier alpha value is -3.58. The van der Waals surface area contributed by atoms with E-state index in [-0.39, 0.29) is 23.0 Å². The van der Waals surface area contributed by atoms with Crippen molar-refractivity contribution in [1.82, 2.24) is 25.9 Å². The number of hydrogen-bond acceptors (Lipinski definition) is 8. The lowest BCUT2D eigenvalue weighted by Crippen LogP contribution is -2.46. The van der Waals surface area contributed by atoms with E-state index in [1.165, 1.54) is 31.7 Å². The summed E-state index contributed by atoms with van der Waals surface area (Å²) in [4.78, 5) is 8.76. The number of aromatic nitrogens is 2. The summed E-state index contributed by atoms with van der Waals surface area (Å²) < 4.78 is 19.9. The number of aryl methyl sites for hydroxylation is 1. The number of hydrazine groups is 2. The average Bonchev–Trinajstić information content (AvgIpc) is 3.91. The highest BCUT2D eigenvalue weighted by atomic mass is 35.5. The van der Waals surface area contributed by atoms with Gasteiger partial charge >= 0.3 is 0 Å². The second-order valence-electron chi connectivity index (χ2n) is 13.0. The summed E-state index contributed by atoms with van der Waals surface area (Å²) in [6.07, 6.45) is 15.6. The van der Waals surface area contributed by atoms with Gasteiger partial charge in [-0.3, -0.25) is 9.99 Å². The first kappa shape index (κ1) is 28.2. The second-order valence-corrected chi connectivity index (χ2v) is 13.4. The molecule has 1 aromatic carbocycles. The number of ether oxygens (including phenoxy) is 1. The number of anilines is 2. The SMILES string of the molecule is C#Cc1cnc2c(Cl)cc(N[C@H](C3=CN(C4(C5CC5)CC4)NN3)c3ccc(F)nc3C)cc2c1NC1CCOCC1(C)C. The number of hydrogen-bond donors (Lipinski definition) is 4. The van der Waals surface area contributed by atoms with Crippen LogP contribution in [0.25, 0.3) is 10.9 Å². The predicted molar refractivity (Wildman–Crippen MR) is 167 cm³/mol. The fourth-order valence-electron chi connectivity index (χ4n) is 6.72. The van der Waals surface area contributed by atoms with E-state index in [4.69, 9.17) is 22.8 Å². The summed E-state index contributed by atoms with van der Waals surface area (Å²) in [6, 6.07) is 6.90. The van der Waals surface area contributed by atoms with Crippen LogP contribution in [-0.4, -0.2) is 39.8 Å². The van der Waals surface area contributed by atoms with E-state index in [2.05, 4.69) is 62.5 Å². The Bertz CT molecular complexity index is 1660. The van der Waals surface area contributed by atoms with Gasteiger partial charge in [0.15, 0.2) is 0 Å². The molecule has 2 aliphatic carbocycles. The molecule has 224 valence electrons. The van der Waals surface area contributed by atoms with E-state index in [1.54, 1.807) is 12.3 Å². The maximum absolute atomic E-state index is 14.1. The fourth-order valence-corrected chi connectivity index (χ4v) is 6.99. The number of rotatable bonds is 8. The van der Waals surface area contributed by atoms with Gasteiger partial charge in [-0.2, -0.15) is 4.39 Å². The molecule has 2 atom stereocenters. The molecule has 4 N–H and O–H groups in total. The predicted octanol–water partition coefficient (Wildman–Crippen LogP) is 6.20. The van der Waals surface area contributed by atoms with Crippen LogP contribution in [0.15, 0.2) is 42.4 Å². The zero-order valence-electron chi connectivity index (χ0n) is 24.7. The van der Waals surface area contributed by atoms with Crippen LogP contribution in [0.1, 0.15) is 68.8 Å². The average molecular weight is 602 g/mol. The summed E-state index contributed by atoms with van der Waals surface area (Å²) in [5.41, 5.74) is 12.2. The molecule has 3 fully saturated rings. The fraction of sp³-hybridized carbons (Fsp3) is 0.455. The van der Waals surface area contributed by atoms with Crippen molar-refractivity contribution in [3.05, 3.63) is 70.2 Å². The Morgan fingerprint density at radius 3 is 2.74 bits per heavy atom. The van der Waals surface area contributed by atoms with E-state index in [0.29, 0.717) is 35.0 Å². The Morgan fingerprint density at radius 1 is 1.23 bits per heavy atom. The maximum atomic E-state index is 14.1. The van der Waals surface area contributed by atoms with Gasteiger partial charge in [-0.1, -0.05) is 37.4 Å². The molecule has 2 saturated carbocycles. The van der Waals surface area contributed by atoms with Gasteiger partial charge in [-0.25, -0.2) is 4.98 Å². The number of benzene rings is 1. The van der Waals surface area contributed by atoms with Crippen LogP contribution in [-0.2, 0) is 4.74 Å². The molecule has 4 heterocycles. The van der Waals surface area contributed by atoms with E-state index in [1.807, 2.05) is 19.1 Å². The highest BCUT2D eigenvalue weighted by Gasteiger charge is 2.58. The Kier molecular flexibility index (Phi) is 6.92. The lowest BCUT2D eigenvalue weighted by molar-refractivity contribution is 0.00350. The first-order valence-corrected chi connectivity index (χ1v) is 15.4. The van der Waals surface area contributed by atoms with Crippen molar-refractivity contribution in [3.8, 4) is 12.3 Å². The normalized spacial score (nSPS) is 22.8. The summed E-state index contributed by atoms with van der Waals surface area (Å²) in [6.45, 7) is 7.57. The maximum Gasteiger partial charge on any atom is 0.213 e. The van der Waals surface area contributed by atoms with Crippen molar-refractivity contribution in [2.75, 3.05) is 23.8 Å². The van der Waals surface area contributed by atoms with E-state index in [0.717, 1.165) is 40.4 Å². The molecule has 7 rings (SSSR count). The van der Waals surface area contributed by atoms with Crippen molar-refractivity contribution in [2.24, 2.45) is 11.3 Å². The number of pyridine rings is 2. The summed E-state index contributed by atoms with van der Waals surface area (Å²) >= 11 is 6.89. The number of terminal acetylenes is 1. The van der Waals surface area contributed by atoms with Gasteiger partial charge in [0, 0.05) is 52.8 Å². The zero-order valence-corrected chi connectivity index (χ0v) is 25.5. The Balaban J connectivity index is 1.28. The van der Waals surface area contributed by atoms with Crippen LogP contribution in [0.4, 0.5) is 15.8 Å². The lowest BCUT2D eigenvalue weighted by Gasteiger charge is -2.39. The first-order valence-electron chi connectivity index (χ1n) is 15.0. The van der Waals surface area contributed by atoms with Crippen molar-refractivity contribution < 1.29 is 9.13 Å². The minimum absolute atomic E-state index is 0.0869. The van der Waals surface area contributed by atoms with Crippen LogP contribution in [0.2, 0.25) is 5.02 Å². The Labute approximate surface area is 256 Å². The van der Waals surface area contributed by atoms with Gasteiger partial charge in [0.1, 0.15) is 0 Å². The minimum atomic E-state index is -0.507. The monoisotopic (exact) mass is 601 g/mol.